The number of hydrogen-bond acceptors (Lipinski definition) is 4. The van der Waals surface area contributed by atoms with Crippen LogP contribution < -0.4 is 5.32 Å². The molecule has 0 aromatic heterocycles. The molecule has 0 bridgehead atoms. The van der Waals surface area contributed by atoms with Crippen molar-refractivity contribution in [3.8, 4) is 0 Å². The highest BCUT2D eigenvalue weighted by Crippen LogP contribution is 2.20. The summed E-state index contributed by atoms with van der Waals surface area (Å²) in [7, 11) is 0. The van der Waals surface area contributed by atoms with Crippen LogP contribution in [0.5, 0.6) is 0 Å². The van der Waals surface area contributed by atoms with Gasteiger partial charge in [-0.1, -0.05) is 12.5 Å². The summed E-state index contributed by atoms with van der Waals surface area (Å²) < 4.78 is 0. The SMILES string of the molecule is Cc1c(C(=O)NCCCN2CCCCCC2=O)cccc1[N+](=O)[O-]. The van der Waals surface area contributed by atoms with Crippen molar-refractivity contribution >= 4 is 17.5 Å². The summed E-state index contributed by atoms with van der Waals surface area (Å²) in [5.74, 6) is -0.133. The van der Waals surface area contributed by atoms with Crippen LogP contribution in [0.25, 0.3) is 0 Å². The third kappa shape index (κ3) is 4.53. The van der Waals surface area contributed by atoms with Crippen molar-refractivity contribution < 1.29 is 14.5 Å². The molecule has 1 aromatic rings. The normalized spacial score (nSPS) is 15.0. The summed E-state index contributed by atoms with van der Waals surface area (Å²) in [5, 5.41) is 13.7. The van der Waals surface area contributed by atoms with Crippen LogP contribution in [0, 0.1) is 17.0 Å². The predicted molar refractivity (Wildman–Crippen MR) is 89.8 cm³/mol. The zero-order chi connectivity index (χ0) is 17.5. The second-order valence-corrected chi connectivity index (χ2v) is 6.01. The lowest BCUT2D eigenvalue weighted by molar-refractivity contribution is -0.385. The Morgan fingerprint density at radius 2 is 2.12 bits per heavy atom. The summed E-state index contributed by atoms with van der Waals surface area (Å²) in [6.07, 6.45) is 4.36. The molecule has 0 atom stereocenters. The van der Waals surface area contributed by atoms with Crippen LogP contribution in [-0.4, -0.2) is 41.3 Å². The Morgan fingerprint density at radius 1 is 1.33 bits per heavy atom. The average molecular weight is 333 g/mol. The Balaban J connectivity index is 1.84. The van der Waals surface area contributed by atoms with E-state index in [1.54, 1.807) is 13.0 Å². The van der Waals surface area contributed by atoms with Crippen molar-refractivity contribution in [2.24, 2.45) is 0 Å². The van der Waals surface area contributed by atoms with Gasteiger partial charge in [-0.2, -0.15) is 0 Å². The van der Waals surface area contributed by atoms with Crippen molar-refractivity contribution in [2.45, 2.75) is 39.0 Å². The quantitative estimate of drug-likeness (QED) is 0.491. The van der Waals surface area contributed by atoms with Crippen LogP contribution in [-0.2, 0) is 4.79 Å². The number of amides is 2. The van der Waals surface area contributed by atoms with E-state index in [9.17, 15) is 19.7 Å². The first-order chi connectivity index (χ1) is 11.5. The summed E-state index contributed by atoms with van der Waals surface area (Å²) >= 11 is 0. The molecule has 1 aliphatic heterocycles. The lowest BCUT2D eigenvalue weighted by atomic mass is 10.1. The smallest absolute Gasteiger partial charge is 0.273 e. The molecule has 0 aliphatic carbocycles. The van der Waals surface area contributed by atoms with Crippen molar-refractivity contribution in [1.29, 1.82) is 0 Å². The van der Waals surface area contributed by atoms with E-state index in [1.165, 1.54) is 12.1 Å². The fourth-order valence-electron chi connectivity index (χ4n) is 2.91. The average Bonchev–Trinajstić information content (AvgIpc) is 2.75. The van der Waals surface area contributed by atoms with Crippen molar-refractivity contribution in [3.63, 3.8) is 0 Å². The Kier molecular flexibility index (Phi) is 6.28. The lowest BCUT2D eigenvalue weighted by Gasteiger charge is -2.20. The molecule has 7 nitrogen and oxygen atoms in total. The predicted octanol–water partition coefficient (Wildman–Crippen LogP) is 2.43. The maximum Gasteiger partial charge on any atom is 0.273 e. The van der Waals surface area contributed by atoms with Crippen LogP contribution >= 0.6 is 0 Å². The zero-order valence-electron chi connectivity index (χ0n) is 13.9. The number of nitrogens with zero attached hydrogens (tertiary/aromatic N) is 2. The molecule has 1 N–H and O–H groups in total. The first-order valence-electron chi connectivity index (χ1n) is 8.30. The maximum atomic E-state index is 12.2. The monoisotopic (exact) mass is 333 g/mol. The molecule has 1 saturated heterocycles. The van der Waals surface area contributed by atoms with E-state index in [-0.39, 0.29) is 17.5 Å². The zero-order valence-corrected chi connectivity index (χ0v) is 13.9. The van der Waals surface area contributed by atoms with Crippen LogP contribution in [0.1, 0.15) is 48.0 Å². The minimum absolute atomic E-state index is 0.0576. The second kappa shape index (κ2) is 8.42. The van der Waals surface area contributed by atoms with Crippen LogP contribution in [0.15, 0.2) is 18.2 Å². The molecule has 0 saturated carbocycles. The Labute approximate surface area is 141 Å². The number of likely N-dealkylation sites (tertiary alicyclic amines) is 1. The van der Waals surface area contributed by atoms with E-state index < -0.39 is 4.92 Å². The molecule has 1 aliphatic rings. The number of rotatable bonds is 6. The van der Waals surface area contributed by atoms with E-state index in [0.717, 1.165) is 25.8 Å². The topological polar surface area (TPSA) is 92.6 Å². The molecule has 7 heteroatoms. The molecular formula is C17H23N3O4. The minimum atomic E-state index is -0.489. The molecule has 2 rings (SSSR count). The fourth-order valence-corrected chi connectivity index (χ4v) is 2.91. The highest BCUT2D eigenvalue weighted by molar-refractivity contribution is 5.96. The molecule has 0 spiro atoms. The molecular weight excluding hydrogens is 310 g/mol. The maximum absolute atomic E-state index is 12.2. The van der Waals surface area contributed by atoms with Gasteiger partial charge in [0.05, 0.1) is 4.92 Å². The Morgan fingerprint density at radius 3 is 2.88 bits per heavy atom. The first-order valence-corrected chi connectivity index (χ1v) is 8.30. The van der Waals surface area contributed by atoms with E-state index >= 15 is 0 Å². The van der Waals surface area contributed by atoms with E-state index in [4.69, 9.17) is 0 Å². The van der Waals surface area contributed by atoms with Gasteiger partial charge in [0.15, 0.2) is 0 Å². The summed E-state index contributed by atoms with van der Waals surface area (Å²) in [4.78, 5) is 36.4. The van der Waals surface area contributed by atoms with Gasteiger partial charge in [-0.15, -0.1) is 0 Å². The van der Waals surface area contributed by atoms with Gasteiger partial charge >= 0.3 is 0 Å². The second-order valence-electron chi connectivity index (χ2n) is 6.01. The van der Waals surface area contributed by atoms with Crippen LogP contribution in [0.3, 0.4) is 0 Å². The summed E-state index contributed by atoms with van der Waals surface area (Å²) in [5.41, 5.74) is 0.621. The molecule has 130 valence electrons. The highest BCUT2D eigenvalue weighted by Gasteiger charge is 2.18. The third-order valence-corrected chi connectivity index (χ3v) is 4.31. The molecule has 1 heterocycles. The Bertz CT molecular complexity index is 630. The number of nitro benzene ring substituents is 1. The van der Waals surface area contributed by atoms with E-state index in [0.29, 0.717) is 37.1 Å². The standard InChI is InChI=1S/C17H23N3O4/c1-13-14(7-5-8-15(13)20(23)24)17(22)18-10-6-12-19-11-4-2-3-9-16(19)21/h5,7-8H,2-4,6,9-12H2,1H3,(H,18,22). The van der Waals surface area contributed by atoms with E-state index in [2.05, 4.69) is 5.32 Å². The fraction of sp³-hybridized carbons (Fsp3) is 0.529. The number of hydrogen-bond donors (Lipinski definition) is 1. The largest absolute Gasteiger partial charge is 0.352 e. The number of carbonyl (C=O) groups is 2. The number of nitro groups is 1. The van der Waals surface area contributed by atoms with Gasteiger partial charge < -0.3 is 10.2 Å². The first kappa shape index (κ1) is 17.9. The summed E-state index contributed by atoms with van der Waals surface area (Å²) in [6, 6.07) is 4.48. The Hall–Kier alpha value is -2.44. The molecule has 0 radical (unpaired) electrons. The highest BCUT2D eigenvalue weighted by atomic mass is 16.6. The van der Waals surface area contributed by atoms with Crippen LogP contribution in [0.2, 0.25) is 0 Å². The number of benzene rings is 1. The molecule has 0 unspecified atom stereocenters. The molecule has 1 fully saturated rings. The van der Waals surface area contributed by atoms with Gasteiger partial charge in [0.2, 0.25) is 5.91 Å². The minimum Gasteiger partial charge on any atom is -0.352 e. The van der Waals surface area contributed by atoms with Gasteiger partial charge in [-0.25, -0.2) is 0 Å². The molecule has 1 aromatic carbocycles. The number of nitrogens with one attached hydrogen (secondary N) is 1. The third-order valence-electron chi connectivity index (χ3n) is 4.31. The summed E-state index contributed by atoms with van der Waals surface area (Å²) in [6.45, 7) is 3.43. The van der Waals surface area contributed by atoms with Crippen molar-refractivity contribution in [2.75, 3.05) is 19.6 Å². The lowest BCUT2D eigenvalue weighted by Crippen LogP contribution is -2.34. The molecule has 2 amide bonds. The van der Waals surface area contributed by atoms with Gasteiger partial charge in [0, 0.05) is 43.2 Å². The van der Waals surface area contributed by atoms with Gasteiger partial charge in [0.1, 0.15) is 0 Å². The van der Waals surface area contributed by atoms with Crippen LogP contribution in [0.4, 0.5) is 5.69 Å². The van der Waals surface area contributed by atoms with Crippen molar-refractivity contribution in [3.05, 3.63) is 39.4 Å². The van der Waals surface area contributed by atoms with Gasteiger partial charge in [0.25, 0.3) is 11.6 Å². The van der Waals surface area contributed by atoms with Crippen molar-refractivity contribution in [1.82, 2.24) is 10.2 Å². The number of carbonyl (C=O) groups excluding carboxylic acids is 2. The van der Waals surface area contributed by atoms with E-state index in [1.807, 2.05) is 4.90 Å². The van der Waals surface area contributed by atoms with Gasteiger partial charge in [-0.05, 0) is 32.3 Å². The molecule has 24 heavy (non-hydrogen) atoms. The van der Waals surface area contributed by atoms with Gasteiger partial charge in [-0.3, -0.25) is 19.7 Å².